The molecule has 0 aliphatic carbocycles. The van der Waals surface area contributed by atoms with Crippen LogP contribution in [0, 0.1) is 0 Å². The van der Waals surface area contributed by atoms with E-state index in [0.29, 0.717) is 15.1 Å². The molecule has 130 valence electrons. The summed E-state index contributed by atoms with van der Waals surface area (Å²) < 4.78 is 0.654. The lowest BCUT2D eigenvalue weighted by atomic mass is 10.1. The van der Waals surface area contributed by atoms with E-state index in [0.717, 1.165) is 9.88 Å². The van der Waals surface area contributed by atoms with Gasteiger partial charge < -0.3 is 4.84 Å². The van der Waals surface area contributed by atoms with Crippen molar-refractivity contribution in [2.45, 2.75) is 6.42 Å². The molecular weight excluding hydrogens is 396 g/mol. The molecule has 26 heavy (non-hydrogen) atoms. The van der Waals surface area contributed by atoms with Crippen LogP contribution in [0.1, 0.15) is 26.4 Å². The third-order valence-corrected chi connectivity index (χ3v) is 5.90. The fourth-order valence-electron chi connectivity index (χ4n) is 2.46. The first-order chi connectivity index (χ1) is 12.5. The van der Waals surface area contributed by atoms with Crippen LogP contribution in [0.15, 0.2) is 41.8 Å². The fourth-order valence-corrected chi connectivity index (χ4v) is 4.40. The van der Waals surface area contributed by atoms with Crippen molar-refractivity contribution in [2.75, 3.05) is 0 Å². The first-order valence-electron chi connectivity index (χ1n) is 7.41. The molecule has 1 aromatic carbocycles. The highest BCUT2D eigenvalue weighted by molar-refractivity contribution is 7.23. The molecule has 0 saturated heterocycles. The van der Waals surface area contributed by atoms with Gasteiger partial charge in [0.1, 0.15) is 5.01 Å². The number of nitrogens with zero attached hydrogens (tertiary/aromatic N) is 2. The second-order valence-corrected chi connectivity index (χ2v) is 7.91. The summed E-state index contributed by atoms with van der Waals surface area (Å²) in [5.74, 6) is -2.03. The summed E-state index contributed by atoms with van der Waals surface area (Å²) in [5.41, 5.74) is 0.933. The number of hydroxylamine groups is 2. The normalized spacial score (nSPS) is 13.2. The molecule has 2 amide bonds. The number of carbonyl (C=O) groups is 3. The Morgan fingerprint density at radius 2 is 1.81 bits per heavy atom. The van der Waals surface area contributed by atoms with Crippen molar-refractivity contribution in [3.8, 4) is 9.88 Å². The summed E-state index contributed by atoms with van der Waals surface area (Å²) >= 11 is 8.68. The Labute approximate surface area is 160 Å². The van der Waals surface area contributed by atoms with Crippen molar-refractivity contribution >= 4 is 52.1 Å². The van der Waals surface area contributed by atoms with Crippen molar-refractivity contribution in [1.29, 1.82) is 0 Å². The quantitative estimate of drug-likeness (QED) is 0.618. The van der Waals surface area contributed by atoms with Gasteiger partial charge in [0.2, 0.25) is 0 Å². The summed E-state index contributed by atoms with van der Waals surface area (Å²) in [5, 5.41) is 2.97. The van der Waals surface area contributed by atoms with Gasteiger partial charge in [-0.1, -0.05) is 28.8 Å². The number of hydrogen-bond acceptors (Lipinski definition) is 7. The zero-order valence-electron chi connectivity index (χ0n) is 13.0. The molecule has 0 spiro atoms. The number of rotatable bonds is 4. The average Bonchev–Trinajstić information content (AvgIpc) is 3.32. The van der Waals surface area contributed by atoms with Crippen molar-refractivity contribution in [2.24, 2.45) is 0 Å². The van der Waals surface area contributed by atoms with E-state index in [9.17, 15) is 14.4 Å². The van der Waals surface area contributed by atoms with Crippen LogP contribution in [0.25, 0.3) is 9.88 Å². The van der Waals surface area contributed by atoms with Crippen molar-refractivity contribution in [1.82, 2.24) is 10.0 Å². The number of halogens is 1. The molecule has 0 unspecified atom stereocenters. The molecule has 0 atom stereocenters. The van der Waals surface area contributed by atoms with E-state index >= 15 is 0 Å². The van der Waals surface area contributed by atoms with Crippen molar-refractivity contribution in [3.05, 3.63) is 62.9 Å². The van der Waals surface area contributed by atoms with Gasteiger partial charge in [0, 0.05) is 5.38 Å². The summed E-state index contributed by atoms with van der Waals surface area (Å²) in [6.07, 6.45) is -0.150. The van der Waals surface area contributed by atoms with Gasteiger partial charge in [0.25, 0.3) is 11.8 Å². The Bertz CT molecular complexity index is 1010. The van der Waals surface area contributed by atoms with Gasteiger partial charge in [-0.2, -0.15) is 0 Å². The molecule has 3 aromatic rings. The minimum Gasteiger partial charge on any atom is -0.329 e. The Balaban J connectivity index is 1.45. The number of hydrogen-bond donors (Lipinski definition) is 0. The number of carbonyl (C=O) groups excluding carboxylic acids is 3. The highest BCUT2D eigenvalue weighted by Gasteiger charge is 2.38. The van der Waals surface area contributed by atoms with E-state index in [1.807, 2.05) is 6.07 Å². The van der Waals surface area contributed by atoms with Gasteiger partial charge in [-0.3, -0.25) is 9.59 Å². The molecule has 2 aromatic heterocycles. The first-order valence-corrected chi connectivity index (χ1v) is 9.49. The second kappa shape index (κ2) is 6.64. The maximum Gasteiger partial charge on any atom is 0.339 e. The molecule has 0 bridgehead atoms. The molecule has 6 nitrogen and oxygen atoms in total. The molecule has 0 radical (unpaired) electrons. The van der Waals surface area contributed by atoms with Gasteiger partial charge in [0.05, 0.1) is 32.5 Å². The maximum atomic E-state index is 12.2. The third kappa shape index (κ3) is 3.03. The Morgan fingerprint density at radius 3 is 2.42 bits per heavy atom. The van der Waals surface area contributed by atoms with Crippen LogP contribution in [0.3, 0.4) is 0 Å². The summed E-state index contributed by atoms with van der Waals surface area (Å²) in [6, 6.07) is 9.95. The number of thiazole rings is 1. The second-order valence-electron chi connectivity index (χ2n) is 5.34. The van der Waals surface area contributed by atoms with E-state index in [-0.39, 0.29) is 17.5 Å². The molecule has 1 aliphatic heterocycles. The fraction of sp³-hybridized carbons (Fsp3) is 0.0588. The molecular formula is C17H9ClN2O4S2. The molecule has 4 rings (SSSR count). The highest BCUT2D eigenvalue weighted by Crippen LogP contribution is 2.33. The highest BCUT2D eigenvalue weighted by atomic mass is 35.5. The Morgan fingerprint density at radius 1 is 1.12 bits per heavy atom. The summed E-state index contributed by atoms with van der Waals surface area (Å²) in [6.45, 7) is 0. The van der Waals surface area contributed by atoms with Gasteiger partial charge in [-0.25, -0.2) is 9.78 Å². The van der Waals surface area contributed by atoms with Gasteiger partial charge in [0.15, 0.2) is 0 Å². The van der Waals surface area contributed by atoms with E-state index in [1.165, 1.54) is 34.8 Å². The number of aromatic nitrogens is 1. The zero-order valence-corrected chi connectivity index (χ0v) is 15.4. The van der Waals surface area contributed by atoms with Gasteiger partial charge in [-0.15, -0.1) is 22.7 Å². The van der Waals surface area contributed by atoms with Crippen LogP contribution in [-0.2, 0) is 16.1 Å². The minimum atomic E-state index is -0.736. The number of benzene rings is 1. The van der Waals surface area contributed by atoms with E-state index < -0.39 is 17.8 Å². The Hall–Kier alpha value is -2.55. The molecule has 0 saturated carbocycles. The van der Waals surface area contributed by atoms with Crippen molar-refractivity contribution < 1.29 is 19.2 Å². The predicted molar refractivity (Wildman–Crippen MR) is 97.2 cm³/mol. The first kappa shape index (κ1) is 16.9. The van der Waals surface area contributed by atoms with Gasteiger partial charge >= 0.3 is 5.97 Å². The molecule has 0 fully saturated rings. The van der Waals surface area contributed by atoms with Gasteiger partial charge in [-0.05, 0) is 24.3 Å². The van der Waals surface area contributed by atoms with E-state index in [2.05, 4.69) is 4.98 Å². The number of fused-ring (bicyclic) bond motifs is 1. The summed E-state index contributed by atoms with van der Waals surface area (Å²) in [4.78, 5) is 46.8. The van der Waals surface area contributed by atoms with Crippen LogP contribution in [0.5, 0.6) is 0 Å². The Kier molecular flexibility index (Phi) is 4.31. The van der Waals surface area contributed by atoms with E-state index in [4.69, 9.17) is 16.4 Å². The molecule has 3 heterocycles. The number of thiophene rings is 1. The SMILES string of the molecule is O=C(Cc1csc(-c2ccc(Cl)s2)n1)ON1C(=O)c2ccccc2C1=O. The topological polar surface area (TPSA) is 76.6 Å². The standard InChI is InChI=1S/C17H9ClN2O4S2/c18-13-6-5-12(26-13)15-19-9(8-25-15)7-14(21)24-20-16(22)10-3-1-2-4-11(10)17(20)23/h1-6,8H,7H2. The lowest BCUT2D eigenvalue weighted by Gasteiger charge is -2.11. The van der Waals surface area contributed by atoms with Crippen LogP contribution in [-0.4, -0.2) is 27.8 Å². The van der Waals surface area contributed by atoms with Crippen LogP contribution in [0.2, 0.25) is 4.34 Å². The predicted octanol–water partition coefficient (Wildman–Crippen LogP) is 3.82. The average molecular weight is 405 g/mol. The summed E-state index contributed by atoms with van der Waals surface area (Å²) in [7, 11) is 0. The van der Waals surface area contributed by atoms with Crippen LogP contribution >= 0.6 is 34.3 Å². The lowest BCUT2D eigenvalue weighted by molar-refractivity contribution is -0.167. The number of amides is 2. The number of imide groups is 1. The smallest absolute Gasteiger partial charge is 0.329 e. The van der Waals surface area contributed by atoms with Crippen molar-refractivity contribution in [3.63, 3.8) is 0 Å². The molecule has 1 aliphatic rings. The molecule has 9 heteroatoms. The third-order valence-electron chi connectivity index (χ3n) is 3.61. The van der Waals surface area contributed by atoms with E-state index in [1.54, 1.807) is 23.6 Å². The largest absolute Gasteiger partial charge is 0.339 e. The monoisotopic (exact) mass is 404 g/mol. The molecule has 0 N–H and O–H groups in total. The minimum absolute atomic E-state index is 0.150. The lowest BCUT2D eigenvalue weighted by Crippen LogP contribution is -2.33. The van der Waals surface area contributed by atoms with Crippen LogP contribution < -0.4 is 0 Å². The maximum absolute atomic E-state index is 12.2. The zero-order chi connectivity index (χ0) is 18.3. The van der Waals surface area contributed by atoms with Crippen LogP contribution in [0.4, 0.5) is 0 Å².